The van der Waals surface area contributed by atoms with Crippen LogP contribution in [0.4, 0.5) is 0 Å². The summed E-state index contributed by atoms with van der Waals surface area (Å²) in [6.45, 7) is 2.21. The van der Waals surface area contributed by atoms with Gasteiger partial charge in [-0.3, -0.25) is 0 Å². The van der Waals surface area contributed by atoms with Gasteiger partial charge in [0, 0.05) is 18.7 Å². The highest BCUT2D eigenvalue weighted by atomic mass is 35.5. The summed E-state index contributed by atoms with van der Waals surface area (Å²) in [6, 6.07) is 7.45. The minimum Gasteiger partial charge on any atom is -0.377 e. The zero-order chi connectivity index (χ0) is 13.8. The molecule has 0 bridgehead atoms. The van der Waals surface area contributed by atoms with Crippen LogP contribution in [0.3, 0.4) is 0 Å². The van der Waals surface area contributed by atoms with Crippen molar-refractivity contribution in [1.29, 1.82) is 0 Å². The number of ether oxygens (including phenoxy) is 1. The van der Waals surface area contributed by atoms with Crippen LogP contribution in [-0.4, -0.2) is 29.4 Å². The van der Waals surface area contributed by atoms with Crippen LogP contribution in [0.1, 0.15) is 18.7 Å². The van der Waals surface area contributed by atoms with Crippen molar-refractivity contribution in [2.75, 3.05) is 13.2 Å². The first-order chi connectivity index (χ1) is 9.83. The van der Waals surface area contributed by atoms with Gasteiger partial charge >= 0.3 is 0 Å². The van der Waals surface area contributed by atoms with Gasteiger partial charge in [-0.2, -0.15) is 4.98 Å². The fourth-order valence-electron chi connectivity index (χ4n) is 2.22. The molecule has 1 N–H and O–H groups in total. The summed E-state index contributed by atoms with van der Waals surface area (Å²) in [4.78, 5) is 4.34. The van der Waals surface area contributed by atoms with Crippen molar-refractivity contribution in [1.82, 2.24) is 15.5 Å². The van der Waals surface area contributed by atoms with E-state index in [4.69, 9.17) is 20.9 Å². The van der Waals surface area contributed by atoms with Crippen LogP contribution in [0.5, 0.6) is 0 Å². The molecule has 2 aromatic rings. The highest BCUT2D eigenvalue weighted by Gasteiger charge is 2.16. The van der Waals surface area contributed by atoms with Gasteiger partial charge < -0.3 is 14.6 Å². The first-order valence-electron chi connectivity index (χ1n) is 6.73. The minimum absolute atomic E-state index is 0. The van der Waals surface area contributed by atoms with E-state index in [1.165, 1.54) is 0 Å². The molecule has 5 nitrogen and oxygen atoms in total. The van der Waals surface area contributed by atoms with Gasteiger partial charge in [0.25, 0.3) is 0 Å². The summed E-state index contributed by atoms with van der Waals surface area (Å²) in [6.07, 6.45) is 2.56. The molecule has 0 saturated carbocycles. The topological polar surface area (TPSA) is 60.2 Å². The molecule has 114 valence electrons. The Kier molecular flexibility index (Phi) is 5.99. The molecule has 1 aliphatic heterocycles. The van der Waals surface area contributed by atoms with Crippen LogP contribution >= 0.6 is 24.0 Å². The van der Waals surface area contributed by atoms with Crippen LogP contribution in [0.15, 0.2) is 28.8 Å². The Hall–Kier alpha value is -1.14. The Morgan fingerprint density at radius 1 is 1.33 bits per heavy atom. The van der Waals surface area contributed by atoms with Gasteiger partial charge in [-0.25, -0.2) is 0 Å². The third kappa shape index (κ3) is 4.17. The number of halogens is 2. The number of nitrogens with zero attached hydrogens (tertiary/aromatic N) is 2. The molecule has 0 radical (unpaired) electrons. The summed E-state index contributed by atoms with van der Waals surface area (Å²) in [7, 11) is 0. The minimum atomic E-state index is 0. The van der Waals surface area contributed by atoms with E-state index < -0.39 is 0 Å². The molecule has 1 saturated heterocycles. The van der Waals surface area contributed by atoms with Crippen molar-refractivity contribution in [3.05, 3.63) is 35.2 Å². The average molecular weight is 330 g/mol. The molecule has 0 amide bonds. The highest BCUT2D eigenvalue weighted by molar-refractivity contribution is 6.33. The molecule has 0 spiro atoms. The molecular weight excluding hydrogens is 313 g/mol. The lowest BCUT2D eigenvalue weighted by molar-refractivity contribution is 0.109. The summed E-state index contributed by atoms with van der Waals surface area (Å²) in [5.41, 5.74) is 0.781. The van der Waals surface area contributed by atoms with Crippen LogP contribution in [0.25, 0.3) is 11.4 Å². The summed E-state index contributed by atoms with van der Waals surface area (Å²) in [5, 5.41) is 7.84. The average Bonchev–Trinajstić information content (AvgIpc) is 3.11. The molecular formula is C14H17Cl2N3O2. The molecule has 1 unspecified atom stereocenters. The lowest BCUT2D eigenvalue weighted by Gasteiger charge is -2.08. The van der Waals surface area contributed by atoms with E-state index in [-0.39, 0.29) is 12.4 Å². The Morgan fingerprint density at radius 3 is 2.95 bits per heavy atom. The summed E-state index contributed by atoms with van der Waals surface area (Å²) < 4.78 is 10.8. The van der Waals surface area contributed by atoms with Crippen molar-refractivity contribution in [3.63, 3.8) is 0 Å². The largest absolute Gasteiger partial charge is 0.377 e. The van der Waals surface area contributed by atoms with Crippen molar-refractivity contribution < 1.29 is 9.26 Å². The van der Waals surface area contributed by atoms with Crippen LogP contribution < -0.4 is 5.32 Å². The fraction of sp³-hybridized carbons (Fsp3) is 0.429. The Labute approximate surface area is 134 Å². The Morgan fingerprint density at radius 2 is 2.19 bits per heavy atom. The first-order valence-corrected chi connectivity index (χ1v) is 7.10. The molecule has 21 heavy (non-hydrogen) atoms. The lowest BCUT2D eigenvalue weighted by Crippen LogP contribution is -2.25. The molecule has 2 heterocycles. The van der Waals surface area contributed by atoms with E-state index in [0.29, 0.717) is 29.4 Å². The molecule has 1 fully saturated rings. The second kappa shape index (κ2) is 7.75. The first kappa shape index (κ1) is 16.2. The number of hydrogen-bond acceptors (Lipinski definition) is 5. The molecule has 1 aliphatic rings. The summed E-state index contributed by atoms with van der Waals surface area (Å²) >= 11 is 6.10. The maximum absolute atomic E-state index is 6.10. The maximum atomic E-state index is 6.10. The second-order valence-electron chi connectivity index (χ2n) is 4.76. The van der Waals surface area contributed by atoms with Gasteiger partial charge in [0.15, 0.2) is 0 Å². The van der Waals surface area contributed by atoms with Crippen LogP contribution in [-0.2, 0) is 11.3 Å². The van der Waals surface area contributed by atoms with Gasteiger partial charge in [-0.15, -0.1) is 12.4 Å². The van der Waals surface area contributed by atoms with Gasteiger partial charge in [0.1, 0.15) is 0 Å². The third-order valence-corrected chi connectivity index (χ3v) is 3.58. The number of hydrogen-bond donors (Lipinski definition) is 1. The van der Waals surface area contributed by atoms with Gasteiger partial charge in [0.2, 0.25) is 11.7 Å². The quantitative estimate of drug-likeness (QED) is 0.913. The molecule has 0 aliphatic carbocycles. The number of rotatable bonds is 5. The predicted molar refractivity (Wildman–Crippen MR) is 82.7 cm³/mol. The SMILES string of the molecule is Cl.Clc1ccccc1-c1noc(CNCC2CCCO2)n1. The molecule has 1 atom stereocenters. The van der Waals surface area contributed by atoms with E-state index >= 15 is 0 Å². The standard InChI is InChI=1S/C14H16ClN3O2.ClH/c15-12-6-2-1-5-11(12)14-17-13(20-18-14)9-16-8-10-4-3-7-19-10;/h1-2,5-6,10,16H,3-4,7-9H2;1H. The predicted octanol–water partition coefficient (Wildman–Crippen LogP) is 3.08. The van der Waals surface area contributed by atoms with Crippen molar-refractivity contribution in [3.8, 4) is 11.4 Å². The zero-order valence-corrected chi connectivity index (χ0v) is 13.0. The second-order valence-corrected chi connectivity index (χ2v) is 5.16. The molecule has 7 heteroatoms. The Bertz CT molecular complexity index is 571. The Balaban J connectivity index is 0.00000161. The highest BCUT2D eigenvalue weighted by Crippen LogP contribution is 2.24. The molecule has 1 aromatic carbocycles. The normalized spacial score (nSPS) is 17.7. The van der Waals surface area contributed by atoms with Crippen molar-refractivity contribution in [2.45, 2.75) is 25.5 Å². The van der Waals surface area contributed by atoms with Gasteiger partial charge in [-0.05, 0) is 25.0 Å². The van der Waals surface area contributed by atoms with E-state index in [1.807, 2.05) is 24.3 Å². The number of aromatic nitrogens is 2. The van der Waals surface area contributed by atoms with E-state index in [0.717, 1.165) is 31.6 Å². The number of benzene rings is 1. The fourth-order valence-corrected chi connectivity index (χ4v) is 2.44. The maximum Gasteiger partial charge on any atom is 0.240 e. The summed E-state index contributed by atoms with van der Waals surface area (Å²) in [5.74, 6) is 1.07. The smallest absolute Gasteiger partial charge is 0.240 e. The number of nitrogens with one attached hydrogen (secondary N) is 1. The van der Waals surface area contributed by atoms with E-state index in [2.05, 4.69) is 15.5 Å². The van der Waals surface area contributed by atoms with Crippen molar-refractivity contribution in [2.24, 2.45) is 0 Å². The zero-order valence-electron chi connectivity index (χ0n) is 11.4. The van der Waals surface area contributed by atoms with Gasteiger partial charge in [0.05, 0.1) is 17.7 Å². The molecule has 3 rings (SSSR count). The third-order valence-electron chi connectivity index (χ3n) is 3.26. The monoisotopic (exact) mass is 329 g/mol. The van der Waals surface area contributed by atoms with Crippen LogP contribution in [0.2, 0.25) is 5.02 Å². The van der Waals surface area contributed by atoms with E-state index in [9.17, 15) is 0 Å². The van der Waals surface area contributed by atoms with E-state index in [1.54, 1.807) is 0 Å². The molecule has 1 aromatic heterocycles. The lowest BCUT2D eigenvalue weighted by atomic mass is 10.2. The van der Waals surface area contributed by atoms with Crippen molar-refractivity contribution >= 4 is 24.0 Å². The van der Waals surface area contributed by atoms with Crippen LogP contribution in [0, 0.1) is 0 Å². The van der Waals surface area contributed by atoms with Gasteiger partial charge in [-0.1, -0.05) is 28.9 Å².